The molecule has 0 aliphatic heterocycles. The molecule has 94 valence electrons. The molecule has 2 aromatic carbocycles. The third-order valence-electron chi connectivity index (χ3n) is 2.71. The summed E-state index contributed by atoms with van der Waals surface area (Å²) in [7, 11) is 0. The van der Waals surface area contributed by atoms with E-state index in [4.69, 9.17) is 23.2 Å². The maximum atomic E-state index is 9.60. The summed E-state index contributed by atoms with van der Waals surface area (Å²) in [5, 5.41) is 14.1. The monoisotopic (exact) mass is 281 g/mol. The number of phenols is 1. The Balaban J connectivity index is 2.09. The molecule has 0 radical (unpaired) electrons. The first-order valence-corrected chi connectivity index (χ1v) is 6.29. The largest absolute Gasteiger partial charge is 0.508 e. The van der Waals surface area contributed by atoms with Crippen LogP contribution in [0.15, 0.2) is 36.4 Å². The number of aryl methyl sites for hydroxylation is 1. The number of aromatic hydroxyl groups is 1. The van der Waals surface area contributed by atoms with E-state index in [2.05, 4.69) is 5.32 Å². The van der Waals surface area contributed by atoms with Gasteiger partial charge in [-0.3, -0.25) is 0 Å². The lowest BCUT2D eigenvalue weighted by Gasteiger charge is -2.09. The number of benzene rings is 2. The van der Waals surface area contributed by atoms with Gasteiger partial charge in [-0.15, -0.1) is 0 Å². The molecule has 18 heavy (non-hydrogen) atoms. The second kappa shape index (κ2) is 5.51. The highest BCUT2D eigenvalue weighted by Gasteiger charge is 2.02. The van der Waals surface area contributed by atoms with Gasteiger partial charge in [0.15, 0.2) is 0 Å². The summed E-state index contributed by atoms with van der Waals surface area (Å²) in [5.74, 6) is 0.280. The van der Waals surface area contributed by atoms with Crippen molar-refractivity contribution in [1.82, 2.24) is 0 Å². The molecule has 4 heteroatoms. The van der Waals surface area contributed by atoms with Crippen LogP contribution in [0.25, 0.3) is 0 Å². The summed E-state index contributed by atoms with van der Waals surface area (Å²) in [4.78, 5) is 0. The molecule has 0 amide bonds. The van der Waals surface area contributed by atoms with E-state index in [1.807, 2.05) is 25.1 Å². The number of rotatable bonds is 3. The Morgan fingerprint density at radius 3 is 2.56 bits per heavy atom. The predicted molar refractivity (Wildman–Crippen MR) is 76.6 cm³/mol. The Kier molecular flexibility index (Phi) is 4.00. The number of hydrogen-bond acceptors (Lipinski definition) is 2. The number of halogens is 2. The van der Waals surface area contributed by atoms with Crippen molar-refractivity contribution in [1.29, 1.82) is 0 Å². The van der Waals surface area contributed by atoms with Crippen LogP contribution in [0.2, 0.25) is 10.0 Å². The molecule has 0 aliphatic rings. The van der Waals surface area contributed by atoms with Gasteiger partial charge in [-0.1, -0.05) is 35.3 Å². The lowest BCUT2D eigenvalue weighted by molar-refractivity contribution is 0.471. The van der Waals surface area contributed by atoms with E-state index in [0.717, 1.165) is 16.8 Å². The van der Waals surface area contributed by atoms with Crippen molar-refractivity contribution in [2.45, 2.75) is 13.5 Å². The minimum absolute atomic E-state index is 0.280. The van der Waals surface area contributed by atoms with E-state index in [-0.39, 0.29) is 5.75 Å². The zero-order chi connectivity index (χ0) is 13.1. The van der Waals surface area contributed by atoms with Crippen molar-refractivity contribution in [2.75, 3.05) is 5.32 Å². The van der Waals surface area contributed by atoms with Gasteiger partial charge in [0.1, 0.15) is 5.75 Å². The van der Waals surface area contributed by atoms with Crippen molar-refractivity contribution < 1.29 is 5.11 Å². The van der Waals surface area contributed by atoms with Gasteiger partial charge in [-0.05, 0) is 36.2 Å². The van der Waals surface area contributed by atoms with E-state index < -0.39 is 0 Å². The molecule has 0 saturated heterocycles. The van der Waals surface area contributed by atoms with Gasteiger partial charge >= 0.3 is 0 Å². The zero-order valence-corrected chi connectivity index (χ0v) is 11.4. The SMILES string of the molecule is Cc1ccc(NCc2ccc(Cl)cc2Cl)cc1O. The molecule has 0 unspecified atom stereocenters. The Morgan fingerprint density at radius 1 is 1.11 bits per heavy atom. The van der Waals surface area contributed by atoms with Gasteiger partial charge in [-0.25, -0.2) is 0 Å². The Labute approximate surface area is 116 Å². The third-order valence-corrected chi connectivity index (χ3v) is 3.29. The molecule has 2 nitrogen and oxygen atoms in total. The highest BCUT2D eigenvalue weighted by atomic mass is 35.5. The average Bonchev–Trinajstić information content (AvgIpc) is 2.32. The van der Waals surface area contributed by atoms with Crippen LogP contribution in [-0.2, 0) is 6.54 Å². The van der Waals surface area contributed by atoms with Crippen LogP contribution in [0, 0.1) is 6.92 Å². The zero-order valence-electron chi connectivity index (χ0n) is 9.87. The van der Waals surface area contributed by atoms with Crippen molar-refractivity contribution in [3.8, 4) is 5.75 Å². The standard InChI is InChI=1S/C14H13Cl2NO/c1-9-2-5-12(7-14(9)18)17-8-10-3-4-11(15)6-13(10)16/h2-7,17-18H,8H2,1H3. The first kappa shape index (κ1) is 13.1. The van der Waals surface area contributed by atoms with Gasteiger partial charge < -0.3 is 10.4 Å². The van der Waals surface area contributed by atoms with Crippen LogP contribution in [-0.4, -0.2) is 5.11 Å². The van der Waals surface area contributed by atoms with E-state index in [1.165, 1.54) is 0 Å². The smallest absolute Gasteiger partial charge is 0.120 e. The van der Waals surface area contributed by atoms with Gasteiger partial charge in [0.2, 0.25) is 0 Å². The predicted octanol–water partition coefficient (Wildman–Crippen LogP) is 4.62. The van der Waals surface area contributed by atoms with Crippen molar-refractivity contribution in [3.63, 3.8) is 0 Å². The molecule has 0 spiro atoms. The van der Waals surface area contributed by atoms with Crippen molar-refractivity contribution >= 4 is 28.9 Å². The molecular weight excluding hydrogens is 269 g/mol. The lowest BCUT2D eigenvalue weighted by atomic mass is 10.2. The highest BCUT2D eigenvalue weighted by Crippen LogP contribution is 2.24. The number of nitrogens with one attached hydrogen (secondary N) is 1. The van der Waals surface area contributed by atoms with Gasteiger partial charge in [0.05, 0.1) is 0 Å². The average molecular weight is 282 g/mol. The van der Waals surface area contributed by atoms with Crippen LogP contribution < -0.4 is 5.32 Å². The summed E-state index contributed by atoms with van der Waals surface area (Å²) in [6, 6.07) is 10.9. The summed E-state index contributed by atoms with van der Waals surface area (Å²) in [5.41, 5.74) is 2.66. The van der Waals surface area contributed by atoms with Gasteiger partial charge in [0, 0.05) is 28.3 Å². The number of anilines is 1. The van der Waals surface area contributed by atoms with E-state index in [1.54, 1.807) is 18.2 Å². The maximum Gasteiger partial charge on any atom is 0.120 e. The molecule has 0 bridgehead atoms. The quantitative estimate of drug-likeness (QED) is 0.861. The molecule has 2 N–H and O–H groups in total. The van der Waals surface area contributed by atoms with E-state index in [0.29, 0.717) is 16.6 Å². The fraction of sp³-hybridized carbons (Fsp3) is 0.143. The van der Waals surface area contributed by atoms with Crippen molar-refractivity contribution in [2.24, 2.45) is 0 Å². The normalized spacial score (nSPS) is 10.4. The van der Waals surface area contributed by atoms with Crippen LogP contribution >= 0.6 is 23.2 Å². The number of phenolic OH excluding ortho intramolecular Hbond substituents is 1. The molecule has 0 atom stereocenters. The summed E-state index contributed by atoms with van der Waals surface area (Å²) in [6.45, 7) is 2.44. The highest BCUT2D eigenvalue weighted by molar-refractivity contribution is 6.35. The topological polar surface area (TPSA) is 32.3 Å². The molecule has 0 aliphatic carbocycles. The second-order valence-electron chi connectivity index (χ2n) is 4.09. The molecule has 0 saturated carbocycles. The second-order valence-corrected chi connectivity index (χ2v) is 4.93. The van der Waals surface area contributed by atoms with Gasteiger partial charge in [-0.2, -0.15) is 0 Å². The first-order chi connectivity index (χ1) is 8.56. The summed E-state index contributed by atoms with van der Waals surface area (Å²) < 4.78 is 0. The molecule has 0 fully saturated rings. The van der Waals surface area contributed by atoms with Crippen LogP contribution in [0.4, 0.5) is 5.69 Å². The molecule has 0 aromatic heterocycles. The minimum atomic E-state index is 0.280. The number of hydrogen-bond donors (Lipinski definition) is 2. The summed E-state index contributed by atoms with van der Waals surface area (Å²) >= 11 is 11.9. The molecule has 2 rings (SSSR count). The van der Waals surface area contributed by atoms with Crippen molar-refractivity contribution in [3.05, 3.63) is 57.6 Å². The summed E-state index contributed by atoms with van der Waals surface area (Å²) in [6.07, 6.45) is 0. The Morgan fingerprint density at radius 2 is 1.89 bits per heavy atom. The van der Waals surface area contributed by atoms with Gasteiger partial charge in [0.25, 0.3) is 0 Å². The van der Waals surface area contributed by atoms with Crippen LogP contribution in [0.1, 0.15) is 11.1 Å². The third kappa shape index (κ3) is 3.09. The molecular formula is C14H13Cl2NO. The Bertz CT molecular complexity index is 570. The van der Waals surface area contributed by atoms with Crippen LogP contribution in [0.3, 0.4) is 0 Å². The fourth-order valence-corrected chi connectivity index (χ4v) is 2.06. The Hall–Kier alpha value is -1.38. The molecule has 0 heterocycles. The van der Waals surface area contributed by atoms with Crippen LogP contribution in [0.5, 0.6) is 5.75 Å². The van der Waals surface area contributed by atoms with E-state index in [9.17, 15) is 5.11 Å². The fourth-order valence-electron chi connectivity index (χ4n) is 1.58. The lowest BCUT2D eigenvalue weighted by Crippen LogP contribution is -2.00. The first-order valence-electron chi connectivity index (χ1n) is 5.53. The molecule has 2 aromatic rings. The minimum Gasteiger partial charge on any atom is -0.508 e. The maximum absolute atomic E-state index is 9.60. The van der Waals surface area contributed by atoms with E-state index >= 15 is 0 Å².